The third kappa shape index (κ3) is 3.57. The summed E-state index contributed by atoms with van der Waals surface area (Å²) in [7, 11) is 0. The molecule has 5 heteroatoms. The van der Waals surface area contributed by atoms with Crippen molar-refractivity contribution in [1.82, 2.24) is 9.80 Å². The molecule has 0 spiro atoms. The molecular weight excluding hydrogens is 268 g/mol. The fourth-order valence-corrected chi connectivity index (χ4v) is 2.54. The van der Waals surface area contributed by atoms with Gasteiger partial charge in [0.1, 0.15) is 11.3 Å². The molecule has 2 amide bonds. The lowest BCUT2D eigenvalue weighted by atomic mass is 9.94. The van der Waals surface area contributed by atoms with Crippen LogP contribution in [0, 0.1) is 0 Å². The maximum atomic E-state index is 12.2. The van der Waals surface area contributed by atoms with E-state index < -0.39 is 5.54 Å². The number of carbonyl (C=O) groups is 2. The number of likely N-dealkylation sites (N-methyl/N-ethyl adjacent to an activating group) is 1. The van der Waals surface area contributed by atoms with Crippen LogP contribution < -0.4 is 0 Å². The summed E-state index contributed by atoms with van der Waals surface area (Å²) < 4.78 is 5.39. The summed E-state index contributed by atoms with van der Waals surface area (Å²) in [5.41, 5.74) is -0.519. The van der Waals surface area contributed by atoms with E-state index in [4.69, 9.17) is 4.74 Å². The summed E-state index contributed by atoms with van der Waals surface area (Å²) in [6, 6.07) is 0. The normalized spacial score (nSPS) is 23.6. The summed E-state index contributed by atoms with van der Waals surface area (Å²) in [6.07, 6.45) is 3.81. The lowest BCUT2D eigenvalue weighted by Crippen LogP contribution is -2.44. The van der Waals surface area contributed by atoms with Gasteiger partial charge < -0.3 is 9.64 Å². The molecule has 1 atom stereocenters. The average molecular weight is 296 g/mol. The SMILES string of the molecule is CCCCN1C(=O)O/C(=C/C(=O)N(CC)CC)C1(C)CC. The number of hydrogen-bond acceptors (Lipinski definition) is 3. The van der Waals surface area contributed by atoms with E-state index >= 15 is 0 Å². The second-order valence-electron chi connectivity index (χ2n) is 5.52. The van der Waals surface area contributed by atoms with Crippen LogP contribution in [0.25, 0.3) is 0 Å². The van der Waals surface area contributed by atoms with E-state index in [1.54, 1.807) is 9.80 Å². The standard InChI is InChI=1S/C16H28N2O3/c1-6-10-11-18-15(20)21-13(16(18,5)7-2)12-14(19)17(8-3)9-4/h12H,6-11H2,1-5H3/b13-12+. The third-order valence-corrected chi connectivity index (χ3v) is 4.30. The Morgan fingerprint density at radius 2 is 1.90 bits per heavy atom. The molecule has 1 aliphatic rings. The van der Waals surface area contributed by atoms with Gasteiger partial charge in [0, 0.05) is 25.7 Å². The van der Waals surface area contributed by atoms with Crippen molar-refractivity contribution >= 4 is 12.0 Å². The predicted molar refractivity (Wildman–Crippen MR) is 82.8 cm³/mol. The van der Waals surface area contributed by atoms with Crippen LogP contribution in [0.5, 0.6) is 0 Å². The van der Waals surface area contributed by atoms with Crippen molar-refractivity contribution in [3.8, 4) is 0 Å². The quantitative estimate of drug-likeness (QED) is 0.678. The van der Waals surface area contributed by atoms with E-state index in [0.717, 1.165) is 19.3 Å². The Bertz CT molecular complexity index is 416. The first-order chi connectivity index (χ1) is 9.94. The highest BCUT2D eigenvalue weighted by Crippen LogP contribution is 2.36. The van der Waals surface area contributed by atoms with Crippen LogP contribution in [0.2, 0.25) is 0 Å². The van der Waals surface area contributed by atoms with Gasteiger partial charge in [0.25, 0.3) is 0 Å². The van der Waals surface area contributed by atoms with E-state index in [2.05, 4.69) is 6.92 Å². The van der Waals surface area contributed by atoms with Crippen LogP contribution in [-0.2, 0) is 9.53 Å². The fourth-order valence-electron chi connectivity index (χ4n) is 2.54. The van der Waals surface area contributed by atoms with Crippen molar-refractivity contribution < 1.29 is 14.3 Å². The second-order valence-corrected chi connectivity index (χ2v) is 5.52. The van der Waals surface area contributed by atoms with Gasteiger partial charge in [-0.15, -0.1) is 0 Å². The van der Waals surface area contributed by atoms with Gasteiger partial charge in [-0.25, -0.2) is 4.79 Å². The molecular formula is C16H28N2O3. The largest absolute Gasteiger partial charge is 0.415 e. The Labute approximate surface area is 127 Å². The van der Waals surface area contributed by atoms with Crippen LogP contribution in [0.1, 0.15) is 53.9 Å². The Balaban J connectivity index is 3.02. The van der Waals surface area contributed by atoms with Crippen molar-refractivity contribution in [1.29, 1.82) is 0 Å². The number of amides is 2. The van der Waals surface area contributed by atoms with E-state index in [9.17, 15) is 9.59 Å². The summed E-state index contributed by atoms with van der Waals surface area (Å²) in [5, 5.41) is 0. The van der Waals surface area contributed by atoms with Crippen molar-refractivity contribution in [2.45, 2.75) is 59.4 Å². The first kappa shape index (κ1) is 17.5. The molecule has 0 radical (unpaired) electrons. The highest BCUT2D eigenvalue weighted by molar-refractivity contribution is 5.89. The fraction of sp³-hybridized carbons (Fsp3) is 0.750. The zero-order chi connectivity index (χ0) is 16.0. The Morgan fingerprint density at radius 3 is 2.38 bits per heavy atom. The number of carbonyl (C=O) groups excluding carboxylic acids is 2. The number of rotatable bonds is 7. The van der Waals surface area contributed by atoms with Crippen molar-refractivity contribution in [2.24, 2.45) is 0 Å². The Kier molecular flexibility index (Phi) is 6.24. The first-order valence-corrected chi connectivity index (χ1v) is 7.95. The molecule has 5 nitrogen and oxygen atoms in total. The number of ether oxygens (including phenoxy) is 1. The van der Waals surface area contributed by atoms with Crippen LogP contribution in [0.3, 0.4) is 0 Å². The summed E-state index contributed by atoms with van der Waals surface area (Å²) >= 11 is 0. The molecule has 0 N–H and O–H groups in total. The zero-order valence-electron chi connectivity index (χ0n) is 13.9. The van der Waals surface area contributed by atoms with Gasteiger partial charge in [-0.2, -0.15) is 0 Å². The number of nitrogens with zero attached hydrogens (tertiary/aromatic N) is 2. The first-order valence-electron chi connectivity index (χ1n) is 7.95. The third-order valence-electron chi connectivity index (χ3n) is 4.30. The van der Waals surface area contributed by atoms with Gasteiger partial charge in [-0.05, 0) is 33.6 Å². The number of cyclic esters (lactones) is 1. The monoisotopic (exact) mass is 296 g/mol. The molecule has 0 aliphatic carbocycles. The predicted octanol–water partition coefficient (Wildman–Crippen LogP) is 3.16. The van der Waals surface area contributed by atoms with Crippen LogP contribution >= 0.6 is 0 Å². The number of unbranched alkanes of at least 4 members (excludes halogenated alkanes) is 1. The lowest BCUT2D eigenvalue weighted by Gasteiger charge is -2.31. The van der Waals surface area contributed by atoms with Gasteiger partial charge in [0.05, 0.1) is 0 Å². The van der Waals surface area contributed by atoms with E-state index in [-0.39, 0.29) is 12.0 Å². The smallest absolute Gasteiger partial charge is 0.412 e. The van der Waals surface area contributed by atoms with Gasteiger partial charge in [-0.1, -0.05) is 20.3 Å². The minimum absolute atomic E-state index is 0.0974. The van der Waals surface area contributed by atoms with Gasteiger partial charge in [0.15, 0.2) is 0 Å². The maximum absolute atomic E-state index is 12.2. The van der Waals surface area contributed by atoms with Crippen molar-refractivity contribution in [3.63, 3.8) is 0 Å². The van der Waals surface area contributed by atoms with Gasteiger partial charge >= 0.3 is 6.09 Å². The molecule has 1 saturated heterocycles. The van der Waals surface area contributed by atoms with E-state index in [1.807, 2.05) is 27.7 Å². The minimum atomic E-state index is -0.519. The summed E-state index contributed by atoms with van der Waals surface area (Å²) in [6.45, 7) is 11.9. The molecule has 0 aromatic rings. The molecule has 1 heterocycles. The van der Waals surface area contributed by atoms with E-state index in [1.165, 1.54) is 6.08 Å². The molecule has 0 aromatic heterocycles. The van der Waals surface area contributed by atoms with Crippen molar-refractivity contribution in [3.05, 3.63) is 11.8 Å². The summed E-state index contributed by atoms with van der Waals surface area (Å²) in [4.78, 5) is 27.8. The number of hydrogen-bond donors (Lipinski definition) is 0. The highest BCUT2D eigenvalue weighted by atomic mass is 16.6. The van der Waals surface area contributed by atoms with Crippen molar-refractivity contribution in [2.75, 3.05) is 19.6 Å². The van der Waals surface area contributed by atoms with Crippen LogP contribution in [-0.4, -0.2) is 47.0 Å². The van der Waals surface area contributed by atoms with Crippen LogP contribution in [0.15, 0.2) is 11.8 Å². The zero-order valence-corrected chi connectivity index (χ0v) is 13.9. The van der Waals surface area contributed by atoms with Crippen LogP contribution in [0.4, 0.5) is 4.79 Å². The molecule has 1 fully saturated rings. The van der Waals surface area contributed by atoms with Gasteiger partial charge in [0.2, 0.25) is 5.91 Å². The molecule has 21 heavy (non-hydrogen) atoms. The Hall–Kier alpha value is -1.52. The molecule has 0 saturated carbocycles. The molecule has 1 aliphatic heterocycles. The maximum Gasteiger partial charge on any atom is 0.415 e. The molecule has 1 unspecified atom stereocenters. The second kappa shape index (κ2) is 7.48. The highest BCUT2D eigenvalue weighted by Gasteiger charge is 2.47. The lowest BCUT2D eigenvalue weighted by molar-refractivity contribution is -0.125. The topological polar surface area (TPSA) is 49.9 Å². The molecule has 0 bridgehead atoms. The van der Waals surface area contributed by atoms with Gasteiger partial charge in [-0.3, -0.25) is 9.69 Å². The molecule has 1 rings (SSSR count). The average Bonchev–Trinajstić information content (AvgIpc) is 2.70. The summed E-state index contributed by atoms with van der Waals surface area (Å²) in [5.74, 6) is 0.378. The minimum Gasteiger partial charge on any atom is -0.412 e. The molecule has 120 valence electrons. The van der Waals surface area contributed by atoms with E-state index in [0.29, 0.717) is 25.4 Å². The Morgan fingerprint density at radius 1 is 1.29 bits per heavy atom. The molecule has 0 aromatic carbocycles.